The van der Waals surface area contributed by atoms with E-state index in [-0.39, 0.29) is 11.8 Å². The Balaban J connectivity index is 1.49. The van der Waals surface area contributed by atoms with Gasteiger partial charge in [-0.15, -0.1) is 0 Å². The lowest BCUT2D eigenvalue weighted by molar-refractivity contribution is -0.121. The van der Waals surface area contributed by atoms with Crippen molar-refractivity contribution in [2.75, 3.05) is 20.3 Å². The standard InChI is InChI=1S/C34H34N2O3/c1-38-20-19-35-34(37)22-31(28-15-10-16-29(21-28)39-25-27-13-6-3-7-14-27)32-24-36(23-26-11-4-2-5-12-26)33-18-9-8-17-30(32)33/h2-18,21,24,31H,19-20,22-23,25H2,1H3,(H,35,37)/t31-/m0/s1. The molecule has 0 spiro atoms. The molecule has 1 heterocycles. The van der Waals surface area contributed by atoms with Crippen LogP contribution < -0.4 is 10.1 Å². The van der Waals surface area contributed by atoms with Crippen LogP contribution in [0.25, 0.3) is 10.9 Å². The normalized spacial score (nSPS) is 11.8. The molecule has 1 atom stereocenters. The van der Waals surface area contributed by atoms with Gasteiger partial charge in [0.1, 0.15) is 12.4 Å². The molecule has 39 heavy (non-hydrogen) atoms. The van der Waals surface area contributed by atoms with Gasteiger partial charge in [-0.2, -0.15) is 0 Å². The van der Waals surface area contributed by atoms with E-state index in [1.807, 2.05) is 36.4 Å². The number of ether oxygens (including phenoxy) is 2. The number of methoxy groups -OCH3 is 1. The van der Waals surface area contributed by atoms with E-state index < -0.39 is 0 Å². The van der Waals surface area contributed by atoms with E-state index in [9.17, 15) is 4.79 Å². The molecule has 0 radical (unpaired) electrons. The van der Waals surface area contributed by atoms with Crippen LogP contribution in [-0.2, 0) is 22.7 Å². The van der Waals surface area contributed by atoms with Crippen LogP contribution in [0, 0.1) is 0 Å². The average molecular weight is 519 g/mol. The van der Waals surface area contributed by atoms with Crippen LogP contribution in [-0.4, -0.2) is 30.7 Å². The van der Waals surface area contributed by atoms with Crippen LogP contribution in [0.2, 0.25) is 0 Å². The highest BCUT2D eigenvalue weighted by Gasteiger charge is 2.23. The molecule has 5 heteroatoms. The predicted molar refractivity (Wildman–Crippen MR) is 156 cm³/mol. The van der Waals surface area contributed by atoms with E-state index in [0.717, 1.165) is 39.9 Å². The zero-order valence-corrected chi connectivity index (χ0v) is 22.3. The number of benzene rings is 4. The number of rotatable bonds is 12. The van der Waals surface area contributed by atoms with Crippen molar-refractivity contribution in [2.45, 2.75) is 25.5 Å². The van der Waals surface area contributed by atoms with Crippen molar-refractivity contribution >= 4 is 16.8 Å². The third-order valence-corrected chi connectivity index (χ3v) is 6.92. The van der Waals surface area contributed by atoms with Gasteiger partial charge >= 0.3 is 0 Å². The summed E-state index contributed by atoms with van der Waals surface area (Å²) in [5.41, 5.74) is 5.67. The number of amides is 1. The van der Waals surface area contributed by atoms with Crippen LogP contribution in [0.5, 0.6) is 5.75 Å². The number of hydrogen-bond acceptors (Lipinski definition) is 3. The van der Waals surface area contributed by atoms with Crippen LogP contribution in [0.15, 0.2) is 115 Å². The first-order valence-corrected chi connectivity index (χ1v) is 13.4. The first-order valence-electron chi connectivity index (χ1n) is 13.4. The number of para-hydroxylation sites is 1. The zero-order chi connectivity index (χ0) is 26.9. The topological polar surface area (TPSA) is 52.5 Å². The maximum absolute atomic E-state index is 13.1. The van der Waals surface area contributed by atoms with Gasteiger partial charge in [0, 0.05) is 49.6 Å². The van der Waals surface area contributed by atoms with Gasteiger partial charge in [-0.25, -0.2) is 0 Å². The van der Waals surface area contributed by atoms with E-state index in [4.69, 9.17) is 9.47 Å². The molecular formula is C34H34N2O3. The summed E-state index contributed by atoms with van der Waals surface area (Å²) in [6, 6.07) is 37.2. The lowest BCUT2D eigenvalue weighted by Crippen LogP contribution is -2.28. The molecule has 1 amide bonds. The minimum atomic E-state index is -0.144. The Bertz CT molecular complexity index is 1500. The van der Waals surface area contributed by atoms with Gasteiger partial charge in [0.05, 0.1) is 6.61 Å². The Morgan fingerprint density at radius 2 is 1.56 bits per heavy atom. The molecule has 5 aromatic rings. The fourth-order valence-corrected chi connectivity index (χ4v) is 4.98. The van der Waals surface area contributed by atoms with Crippen molar-refractivity contribution in [3.8, 4) is 5.75 Å². The summed E-state index contributed by atoms with van der Waals surface area (Å²) >= 11 is 0. The van der Waals surface area contributed by atoms with Crippen molar-refractivity contribution in [1.82, 2.24) is 9.88 Å². The summed E-state index contributed by atoms with van der Waals surface area (Å²) in [5, 5.41) is 4.16. The molecule has 0 saturated heterocycles. The first kappa shape index (κ1) is 26.3. The van der Waals surface area contributed by atoms with Gasteiger partial charge in [0.25, 0.3) is 0 Å². The largest absolute Gasteiger partial charge is 0.489 e. The van der Waals surface area contributed by atoms with Gasteiger partial charge in [-0.3, -0.25) is 4.79 Å². The molecular weight excluding hydrogens is 484 g/mol. The highest BCUT2D eigenvalue weighted by Crippen LogP contribution is 2.36. The second-order valence-corrected chi connectivity index (χ2v) is 9.66. The van der Waals surface area contributed by atoms with Gasteiger partial charge < -0.3 is 19.4 Å². The highest BCUT2D eigenvalue weighted by molar-refractivity contribution is 5.87. The highest BCUT2D eigenvalue weighted by atomic mass is 16.5. The van der Waals surface area contributed by atoms with Crippen LogP contribution in [0.1, 0.15) is 34.6 Å². The fourth-order valence-electron chi connectivity index (χ4n) is 4.98. The van der Waals surface area contributed by atoms with Crippen molar-refractivity contribution < 1.29 is 14.3 Å². The van der Waals surface area contributed by atoms with Gasteiger partial charge in [-0.1, -0.05) is 91.0 Å². The lowest BCUT2D eigenvalue weighted by Gasteiger charge is -2.18. The third kappa shape index (κ3) is 6.75. The average Bonchev–Trinajstić information content (AvgIpc) is 3.34. The second kappa shape index (κ2) is 12.9. The number of carbonyl (C=O) groups is 1. The Morgan fingerprint density at radius 3 is 2.33 bits per heavy atom. The number of fused-ring (bicyclic) bond motifs is 1. The number of nitrogens with one attached hydrogen (secondary N) is 1. The van der Waals surface area contributed by atoms with Crippen LogP contribution in [0.3, 0.4) is 0 Å². The Hall–Kier alpha value is -4.35. The van der Waals surface area contributed by atoms with E-state index in [2.05, 4.69) is 88.9 Å². The molecule has 0 bridgehead atoms. The minimum Gasteiger partial charge on any atom is -0.489 e. The predicted octanol–water partition coefficient (Wildman–Crippen LogP) is 6.55. The summed E-state index contributed by atoms with van der Waals surface area (Å²) in [4.78, 5) is 13.1. The quantitative estimate of drug-likeness (QED) is 0.191. The minimum absolute atomic E-state index is 0.00690. The van der Waals surface area contributed by atoms with E-state index in [0.29, 0.717) is 26.2 Å². The summed E-state index contributed by atoms with van der Waals surface area (Å²) < 4.78 is 13.6. The lowest BCUT2D eigenvalue weighted by atomic mass is 9.88. The molecule has 5 nitrogen and oxygen atoms in total. The van der Waals surface area contributed by atoms with E-state index in [1.54, 1.807) is 7.11 Å². The van der Waals surface area contributed by atoms with Crippen LogP contribution in [0.4, 0.5) is 0 Å². The third-order valence-electron chi connectivity index (χ3n) is 6.92. The summed E-state index contributed by atoms with van der Waals surface area (Å²) in [6.45, 7) is 2.21. The molecule has 1 N–H and O–H groups in total. The molecule has 0 aliphatic rings. The van der Waals surface area contributed by atoms with Crippen molar-refractivity contribution in [3.63, 3.8) is 0 Å². The van der Waals surface area contributed by atoms with E-state index >= 15 is 0 Å². The van der Waals surface area contributed by atoms with Crippen LogP contribution >= 0.6 is 0 Å². The number of hydrogen-bond donors (Lipinski definition) is 1. The second-order valence-electron chi connectivity index (χ2n) is 9.66. The maximum atomic E-state index is 13.1. The Kier molecular flexibility index (Phi) is 8.71. The summed E-state index contributed by atoms with van der Waals surface area (Å²) in [7, 11) is 1.64. The maximum Gasteiger partial charge on any atom is 0.221 e. The molecule has 4 aromatic carbocycles. The molecule has 5 rings (SSSR count). The number of aromatic nitrogens is 1. The van der Waals surface area contributed by atoms with Gasteiger partial charge in [0.15, 0.2) is 0 Å². The van der Waals surface area contributed by atoms with Crippen molar-refractivity contribution in [1.29, 1.82) is 0 Å². The Labute approximate surface area is 230 Å². The molecule has 0 fully saturated rings. The monoisotopic (exact) mass is 518 g/mol. The first-order chi connectivity index (χ1) is 19.2. The fraction of sp³-hybridized carbons (Fsp3) is 0.206. The molecule has 0 aliphatic heterocycles. The summed E-state index contributed by atoms with van der Waals surface area (Å²) in [6.07, 6.45) is 2.54. The molecule has 0 saturated carbocycles. The van der Waals surface area contributed by atoms with E-state index in [1.165, 1.54) is 5.56 Å². The smallest absolute Gasteiger partial charge is 0.221 e. The van der Waals surface area contributed by atoms with Gasteiger partial charge in [-0.05, 0) is 40.5 Å². The number of nitrogens with zero attached hydrogens (tertiary/aromatic N) is 1. The molecule has 0 unspecified atom stereocenters. The zero-order valence-electron chi connectivity index (χ0n) is 22.3. The molecule has 0 aliphatic carbocycles. The summed E-state index contributed by atoms with van der Waals surface area (Å²) in [5.74, 6) is 0.636. The van der Waals surface area contributed by atoms with Crippen molar-refractivity contribution in [2.24, 2.45) is 0 Å². The SMILES string of the molecule is COCCNC(=O)C[C@@H](c1cccc(OCc2ccccc2)c1)c1cn(Cc2ccccc2)c2ccccc12. The molecule has 1 aromatic heterocycles. The Morgan fingerprint density at radius 1 is 0.846 bits per heavy atom. The number of carbonyl (C=O) groups excluding carboxylic acids is 1. The molecule has 198 valence electrons. The van der Waals surface area contributed by atoms with Gasteiger partial charge in [0.2, 0.25) is 5.91 Å². The van der Waals surface area contributed by atoms with Crippen molar-refractivity contribution in [3.05, 3.63) is 138 Å².